The predicted molar refractivity (Wildman–Crippen MR) is 86.2 cm³/mol. The van der Waals surface area contributed by atoms with Crippen molar-refractivity contribution in [2.75, 3.05) is 54.9 Å². The Bertz CT molecular complexity index is 398. The Labute approximate surface area is 127 Å². The Balaban J connectivity index is 1.82. The van der Waals surface area contributed by atoms with Gasteiger partial charge in [-0.3, -0.25) is 4.90 Å². The van der Waals surface area contributed by atoms with Crippen LogP contribution in [-0.4, -0.2) is 59.1 Å². The highest BCUT2D eigenvalue weighted by atomic mass is 79.9. The first-order chi connectivity index (χ1) is 9.29. The standard InChI is InChI=1S/C12H20BrN5S/c1-2-14-12-16-9-10(13)11(17-12)15-3-4-18-5-7-19-8-6-18/h9H,2-8H2,1H3,(H2,14,15,16,17). The number of aromatic nitrogens is 2. The zero-order chi connectivity index (χ0) is 13.5. The Kier molecular flexibility index (Phi) is 6.19. The van der Waals surface area contributed by atoms with Gasteiger partial charge in [0, 0.05) is 50.4 Å². The van der Waals surface area contributed by atoms with E-state index in [1.807, 2.05) is 18.7 Å². The third kappa shape index (κ3) is 4.81. The van der Waals surface area contributed by atoms with Crippen LogP contribution in [0.1, 0.15) is 6.92 Å². The van der Waals surface area contributed by atoms with Crippen LogP contribution in [0, 0.1) is 0 Å². The Morgan fingerprint density at radius 1 is 1.37 bits per heavy atom. The lowest BCUT2D eigenvalue weighted by molar-refractivity contribution is 0.314. The molecule has 2 rings (SSSR count). The van der Waals surface area contributed by atoms with Crippen molar-refractivity contribution in [2.24, 2.45) is 0 Å². The molecule has 0 saturated carbocycles. The lowest BCUT2D eigenvalue weighted by Gasteiger charge is -2.26. The van der Waals surface area contributed by atoms with Gasteiger partial charge in [0.05, 0.1) is 4.47 Å². The fraction of sp³-hybridized carbons (Fsp3) is 0.667. The van der Waals surface area contributed by atoms with E-state index < -0.39 is 0 Å². The molecule has 0 aliphatic carbocycles. The normalized spacial score (nSPS) is 16.3. The van der Waals surface area contributed by atoms with E-state index in [9.17, 15) is 0 Å². The van der Waals surface area contributed by atoms with Gasteiger partial charge < -0.3 is 10.6 Å². The van der Waals surface area contributed by atoms with E-state index >= 15 is 0 Å². The molecule has 1 aliphatic heterocycles. The van der Waals surface area contributed by atoms with Gasteiger partial charge in [0.2, 0.25) is 5.95 Å². The molecular weight excluding hydrogens is 326 g/mol. The molecule has 0 bridgehead atoms. The minimum atomic E-state index is 0.669. The van der Waals surface area contributed by atoms with Crippen LogP contribution in [0.25, 0.3) is 0 Å². The molecule has 0 spiro atoms. The summed E-state index contributed by atoms with van der Waals surface area (Å²) in [6.07, 6.45) is 1.78. The first-order valence-corrected chi connectivity index (χ1v) is 8.54. The topological polar surface area (TPSA) is 53.1 Å². The molecule has 7 heteroatoms. The highest BCUT2D eigenvalue weighted by molar-refractivity contribution is 9.10. The van der Waals surface area contributed by atoms with Gasteiger partial charge in [-0.15, -0.1) is 0 Å². The molecule has 1 saturated heterocycles. The molecule has 1 aromatic rings. The van der Waals surface area contributed by atoms with Crippen molar-refractivity contribution in [3.63, 3.8) is 0 Å². The van der Waals surface area contributed by atoms with Gasteiger partial charge >= 0.3 is 0 Å². The van der Waals surface area contributed by atoms with Gasteiger partial charge in [-0.1, -0.05) is 0 Å². The zero-order valence-electron chi connectivity index (χ0n) is 11.2. The van der Waals surface area contributed by atoms with Crippen molar-refractivity contribution in [1.29, 1.82) is 0 Å². The SMILES string of the molecule is CCNc1ncc(Br)c(NCCN2CCSCC2)n1. The molecular formula is C12H20BrN5S. The number of thioether (sulfide) groups is 1. The maximum Gasteiger partial charge on any atom is 0.224 e. The van der Waals surface area contributed by atoms with Crippen molar-refractivity contribution in [3.05, 3.63) is 10.7 Å². The largest absolute Gasteiger partial charge is 0.368 e. The quantitative estimate of drug-likeness (QED) is 0.823. The van der Waals surface area contributed by atoms with Gasteiger partial charge in [0.25, 0.3) is 0 Å². The van der Waals surface area contributed by atoms with Gasteiger partial charge in [-0.2, -0.15) is 16.7 Å². The summed E-state index contributed by atoms with van der Waals surface area (Å²) in [5.41, 5.74) is 0. The summed E-state index contributed by atoms with van der Waals surface area (Å²) in [6, 6.07) is 0. The van der Waals surface area contributed by atoms with E-state index in [4.69, 9.17) is 0 Å². The highest BCUT2D eigenvalue weighted by Gasteiger charge is 2.10. The van der Waals surface area contributed by atoms with Crippen LogP contribution in [0.3, 0.4) is 0 Å². The van der Waals surface area contributed by atoms with Gasteiger partial charge in [0.15, 0.2) is 0 Å². The van der Waals surface area contributed by atoms with Crippen LogP contribution in [0.5, 0.6) is 0 Å². The first-order valence-electron chi connectivity index (χ1n) is 6.60. The Morgan fingerprint density at radius 2 is 2.16 bits per heavy atom. The fourth-order valence-corrected chi connectivity index (χ4v) is 3.20. The molecule has 2 heterocycles. The van der Waals surface area contributed by atoms with Crippen molar-refractivity contribution in [3.8, 4) is 0 Å². The second-order valence-corrected chi connectivity index (χ2v) is 6.38. The van der Waals surface area contributed by atoms with Crippen molar-refractivity contribution in [1.82, 2.24) is 14.9 Å². The third-order valence-corrected chi connectivity index (χ3v) is 4.43. The molecule has 1 aromatic heterocycles. The third-order valence-electron chi connectivity index (χ3n) is 2.90. The van der Waals surface area contributed by atoms with Crippen LogP contribution >= 0.6 is 27.7 Å². The molecule has 2 N–H and O–H groups in total. The van der Waals surface area contributed by atoms with Gasteiger partial charge in [-0.25, -0.2) is 4.98 Å². The maximum absolute atomic E-state index is 4.44. The molecule has 19 heavy (non-hydrogen) atoms. The molecule has 0 radical (unpaired) electrons. The first kappa shape index (κ1) is 14.9. The molecule has 0 amide bonds. The number of hydrogen-bond donors (Lipinski definition) is 2. The number of halogens is 1. The minimum Gasteiger partial charge on any atom is -0.368 e. The van der Waals surface area contributed by atoms with Gasteiger partial charge in [-0.05, 0) is 22.9 Å². The summed E-state index contributed by atoms with van der Waals surface area (Å²) in [6.45, 7) is 7.22. The average Bonchev–Trinajstić information content (AvgIpc) is 2.44. The van der Waals surface area contributed by atoms with Crippen LogP contribution in [0.4, 0.5) is 11.8 Å². The average molecular weight is 346 g/mol. The molecule has 0 aromatic carbocycles. The zero-order valence-corrected chi connectivity index (χ0v) is 13.6. The van der Waals surface area contributed by atoms with Crippen LogP contribution in [0.15, 0.2) is 10.7 Å². The summed E-state index contributed by atoms with van der Waals surface area (Å²) in [7, 11) is 0. The summed E-state index contributed by atoms with van der Waals surface area (Å²) < 4.78 is 0.906. The Hall–Kier alpha value is -0.530. The smallest absolute Gasteiger partial charge is 0.224 e. The van der Waals surface area contributed by atoms with Crippen molar-refractivity contribution >= 4 is 39.5 Å². The van der Waals surface area contributed by atoms with E-state index in [2.05, 4.69) is 41.4 Å². The van der Waals surface area contributed by atoms with Crippen LogP contribution in [-0.2, 0) is 0 Å². The summed E-state index contributed by atoms with van der Waals surface area (Å²) in [5, 5.41) is 6.49. The number of anilines is 2. The van der Waals surface area contributed by atoms with E-state index in [0.29, 0.717) is 5.95 Å². The predicted octanol–water partition coefficient (Wildman–Crippen LogP) is 2.13. The number of hydrogen-bond acceptors (Lipinski definition) is 6. The summed E-state index contributed by atoms with van der Waals surface area (Å²) >= 11 is 5.52. The van der Waals surface area contributed by atoms with Crippen molar-refractivity contribution < 1.29 is 0 Å². The molecule has 1 aliphatic rings. The molecule has 0 unspecified atom stereocenters. The lowest BCUT2D eigenvalue weighted by atomic mass is 10.4. The van der Waals surface area contributed by atoms with E-state index in [0.717, 1.165) is 29.9 Å². The van der Waals surface area contributed by atoms with Crippen LogP contribution < -0.4 is 10.6 Å². The lowest BCUT2D eigenvalue weighted by Crippen LogP contribution is -2.36. The second-order valence-electron chi connectivity index (χ2n) is 4.30. The van der Waals surface area contributed by atoms with Gasteiger partial charge in [0.1, 0.15) is 5.82 Å². The monoisotopic (exact) mass is 345 g/mol. The minimum absolute atomic E-state index is 0.669. The number of nitrogens with one attached hydrogen (secondary N) is 2. The number of rotatable bonds is 6. The maximum atomic E-state index is 4.44. The van der Waals surface area contributed by atoms with Crippen molar-refractivity contribution in [2.45, 2.75) is 6.92 Å². The van der Waals surface area contributed by atoms with Crippen LogP contribution in [0.2, 0.25) is 0 Å². The summed E-state index contributed by atoms with van der Waals surface area (Å²) in [4.78, 5) is 11.1. The second kappa shape index (κ2) is 7.91. The Morgan fingerprint density at radius 3 is 2.89 bits per heavy atom. The molecule has 106 valence electrons. The summed E-state index contributed by atoms with van der Waals surface area (Å²) in [5.74, 6) is 4.03. The molecule has 0 atom stereocenters. The highest BCUT2D eigenvalue weighted by Crippen LogP contribution is 2.19. The van der Waals surface area contributed by atoms with E-state index in [-0.39, 0.29) is 0 Å². The molecule has 1 fully saturated rings. The van der Waals surface area contributed by atoms with E-state index in [1.54, 1.807) is 6.20 Å². The fourth-order valence-electron chi connectivity index (χ4n) is 1.89. The molecule has 5 nitrogen and oxygen atoms in total. The number of nitrogens with zero attached hydrogens (tertiary/aromatic N) is 3. The van der Waals surface area contributed by atoms with E-state index in [1.165, 1.54) is 24.6 Å².